The van der Waals surface area contributed by atoms with Crippen LogP contribution in [0.4, 0.5) is 0 Å². The Kier molecular flexibility index (Phi) is 6.94. The Balaban J connectivity index is 1.88. The average molecular weight is 346 g/mol. The summed E-state index contributed by atoms with van der Waals surface area (Å²) in [7, 11) is 0. The lowest BCUT2D eigenvalue weighted by atomic mass is 10.0. The molecule has 0 saturated carbocycles. The summed E-state index contributed by atoms with van der Waals surface area (Å²) in [4.78, 5) is 16.5. The molecule has 0 spiro atoms. The largest absolute Gasteiger partial charge is 0.485 e. The van der Waals surface area contributed by atoms with Gasteiger partial charge in [0.1, 0.15) is 5.75 Å². The van der Waals surface area contributed by atoms with Crippen molar-refractivity contribution in [1.82, 2.24) is 15.5 Å². The molecule has 7 heteroatoms. The van der Waals surface area contributed by atoms with Gasteiger partial charge in [0.15, 0.2) is 6.61 Å². The summed E-state index contributed by atoms with van der Waals surface area (Å²) in [5.74, 6) is 2.06. The van der Waals surface area contributed by atoms with Gasteiger partial charge in [-0.3, -0.25) is 4.79 Å². The maximum absolute atomic E-state index is 12.3. The molecule has 0 aliphatic heterocycles. The highest BCUT2D eigenvalue weighted by Gasteiger charge is 2.14. The number of hydrogen-bond acceptors (Lipinski definition) is 6. The Morgan fingerprint density at radius 3 is 2.60 bits per heavy atom. The third kappa shape index (κ3) is 5.86. The molecule has 0 bridgehead atoms. The van der Waals surface area contributed by atoms with Crippen LogP contribution in [0.5, 0.6) is 5.75 Å². The molecule has 0 radical (unpaired) electrons. The van der Waals surface area contributed by atoms with Crippen LogP contribution in [0.3, 0.4) is 0 Å². The van der Waals surface area contributed by atoms with Crippen LogP contribution in [0.1, 0.15) is 49.3 Å². The fourth-order valence-corrected chi connectivity index (χ4v) is 2.39. The second kappa shape index (κ2) is 9.17. The Bertz CT molecular complexity index is 667. The maximum Gasteiger partial charge on any atom is 0.251 e. The van der Waals surface area contributed by atoms with Crippen molar-refractivity contribution in [2.24, 2.45) is 11.7 Å². The third-order valence-electron chi connectivity index (χ3n) is 3.67. The maximum atomic E-state index is 12.3. The van der Waals surface area contributed by atoms with E-state index in [4.69, 9.17) is 15.0 Å². The van der Waals surface area contributed by atoms with Crippen LogP contribution in [-0.2, 0) is 13.0 Å². The lowest BCUT2D eigenvalue weighted by Gasteiger charge is -2.18. The Hall–Kier alpha value is -2.41. The van der Waals surface area contributed by atoms with Crippen molar-refractivity contribution in [3.8, 4) is 5.75 Å². The Labute approximate surface area is 147 Å². The van der Waals surface area contributed by atoms with Crippen molar-refractivity contribution in [2.75, 3.05) is 6.54 Å². The van der Waals surface area contributed by atoms with Gasteiger partial charge in [-0.2, -0.15) is 4.98 Å². The predicted octanol–water partition coefficient (Wildman–Crippen LogP) is 2.31. The van der Waals surface area contributed by atoms with E-state index in [0.29, 0.717) is 41.9 Å². The van der Waals surface area contributed by atoms with Crippen molar-refractivity contribution in [2.45, 2.75) is 46.3 Å². The summed E-state index contributed by atoms with van der Waals surface area (Å²) < 4.78 is 10.6. The number of rotatable bonds is 9. The van der Waals surface area contributed by atoms with Gasteiger partial charge >= 0.3 is 0 Å². The summed E-state index contributed by atoms with van der Waals surface area (Å²) >= 11 is 0. The smallest absolute Gasteiger partial charge is 0.251 e. The lowest BCUT2D eigenvalue weighted by Crippen LogP contribution is -2.41. The van der Waals surface area contributed by atoms with Crippen LogP contribution in [0.2, 0.25) is 0 Å². The predicted molar refractivity (Wildman–Crippen MR) is 94.2 cm³/mol. The molecular weight excluding hydrogens is 320 g/mol. The van der Waals surface area contributed by atoms with E-state index in [-0.39, 0.29) is 18.6 Å². The zero-order valence-corrected chi connectivity index (χ0v) is 15.0. The number of nitrogens with zero attached hydrogens (tertiary/aromatic N) is 2. The monoisotopic (exact) mass is 346 g/mol. The van der Waals surface area contributed by atoms with Gasteiger partial charge < -0.3 is 20.3 Å². The minimum atomic E-state index is -0.131. The van der Waals surface area contributed by atoms with Crippen LogP contribution in [-0.4, -0.2) is 28.6 Å². The molecule has 1 atom stereocenters. The number of nitrogens with one attached hydrogen (secondary N) is 1. The van der Waals surface area contributed by atoms with Gasteiger partial charge in [-0.25, -0.2) is 0 Å². The molecule has 3 N–H and O–H groups in total. The van der Waals surface area contributed by atoms with Gasteiger partial charge in [-0.15, -0.1) is 0 Å². The standard InChI is InChI=1S/C18H26N4O3/c1-4-17-21-16(22-25-17)11-24-15-7-5-13(6-8-15)18(23)20-14(10-19)9-12(2)3/h5-8,12,14H,4,9-11,19H2,1-3H3,(H,20,23). The van der Waals surface area contributed by atoms with Gasteiger partial charge in [-0.05, 0) is 36.6 Å². The topological polar surface area (TPSA) is 103 Å². The van der Waals surface area contributed by atoms with Crippen LogP contribution in [0.15, 0.2) is 28.8 Å². The minimum Gasteiger partial charge on any atom is -0.485 e. The van der Waals surface area contributed by atoms with Crippen molar-refractivity contribution in [1.29, 1.82) is 0 Å². The lowest BCUT2D eigenvalue weighted by molar-refractivity contribution is 0.0933. The first-order valence-corrected chi connectivity index (χ1v) is 8.57. The summed E-state index contributed by atoms with van der Waals surface area (Å²) in [6, 6.07) is 6.92. The van der Waals surface area contributed by atoms with Gasteiger partial charge in [0.2, 0.25) is 11.7 Å². The highest BCUT2D eigenvalue weighted by molar-refractivity contribution is 5.94. The molecule has 0 fully saturated rings. The van der Waals surface area contributed by atoms with E-state index in [1.807, 2.05) is 6.92 Å². The first-order valence-electron chi connectivity index (χ1n) is 8.57. The molecule has 25 heavy (non-hydrogen) atoms. The number of amides is 1. The van der Waals surface area contributed by atoms with E-state index < -0.39 is 0 Å². The van der Waals surface area contributed by atoms with Crippen molar-refractivity contribution in [3.63, 3.8) is 0 Å². The van der Waals surface area contributed by atoms with Crippen molar-refractivity contribution < 1.29 is 14.1 Å². The van der Waals surface area contributed by atoms with E-state index in [1.165, 1.54) is 0 Å². The normalized spacial score (nSPS) is 12.2. The molecule has 136 valence electrons. The van der Waals surface area contributed by atoms with E-state index in [9.17, 15) is 4.79 Å². The highest BCUT2D eigenvalue weighted by atomic mass is 16.5. The molecule has 1 heterocycles. The second-order valence-corrected chi connectivity index (χ2v) is 6.31. The third-order valence-corrected chi connectivity index (χ3v) is 3.67. The first kappa shape index (κ1) is 18.9. The highest BCUT2D eigenvalue weighted by Crippen LogP contribution is 2.14. The van der Waals surface area contributed by atoms with E-state index >= 15 is 0 Å². The number of benzene rings is 1. The summed E-state index contributed by atoms with van der Waals surface area (Å²) in [6.07, 6.45) is 1.55. The number of carbonyl (C=O) groups excluding carboxylic acids is 1. The van der Waals surface area contributed by atoms with Crippen molar-refractivity contribution >= 4 is 5.91 Å². The molecule has 0 aliphatic rings. The first-order chi connectivity index (χ1) is 12.0. The molecule has 7 nitrogen and oxygen atoms in total. The number of hydrogen-bond donors (Lipinski definition) is 2. The fourth-order valence-electron chi connectivity index (χ4n) is 2.39. The molecule has 0 saturated heterocycles. The van der Waals surface area contributed by atoms with Crippen LogP contribution >= 0.6 is 0 Å². The van der Waals surface area contributed by atoms with E-state index in [0.717, 1.165) is 6.42 Å². The van der Waals surface area contributed by atoms with Crippen molar-refractivity contribution in [3.05, 3.63) is 41.5 Å². The van der Waals surface area contributed by atoms with Gasteiger partial charge in [-0.1, -0.05) is 25.9 Å². The summed E-state index contributed by atoms with van der Waals surface area (Å²) in [5, 5.41) is 6.79. The zero-order valence-electron chi connectivity index (χ0n) is 15.0. The molecule has 0 aliphatic carbocycles. The number of carbonyl (C=O) groups is 1. The number of nitrogens with two attached hydrogens (primary N) is 1. The number of ether oxygens (including phenoxy) is 1. The van der Waals surface area contributed by atoms with Gasteiger partial charge in [0.05, 0.1) is 0 Å². The van der Waals surface area contributed by atoms with Crippen LogP contribution < -0.4 is 15.8 Å². The molecule has 1 aromatic carbocycles. The van der Waals surface area contributed by atoms with Gasteiger partial charge in [0, 0.05) is 24.6 Å². The van der Waals surface area contributed by atoms with E-state index in [1.54, 1.807) is 24.3 Å². The molecule has 1 unspecified atom stereocenters. The van der Waals surface area contributed by atoms with Crippen LogP contribution in [0.25, 0.3) is 0 Å². The number of aryl methyl sites for hydroxylation is 1. The second-order valence-electron chi connectivity index (χ2n) is 6.31. The van der Waals surface area contributed by atoms with E-state index in [2.05, 4.69) is 29.3 Å². The Morgan fingerprint density at radius 1 is 1.32 bits per heavy atom. The minimum absolute atomic E-state index is 0.0190. The SMILES string of the molecule is CCc1nc(COc2ccc(C(=O)NC(CN)CC(C)C)cc2)no1. The summed E-state index contributed by atoms with van der Waals surface area (Å²) in [5.41, 5.74) is 6.30. The molecule has 2 rings (SSSR count). The molecule has 2 aromatic rings. The zero-order chi connectivity index (χ0) is 18.2. The molecular formula is C18H26N4O3. The average Bonchev–Trinajstić information content (AvgIpc) is 3.07. The quantitative estimate of drug-likeness (QED) is 0.722. The molecule has 1 amide bonds. The summed E-state index contributed by atoms with van der Waals surface area (Å²) in [6.45, 7) is 6.80. The fraction of sp³-hybridized carbons (Fsp3) is 0.500. The Morgan fingerprint density at radius 2 is 2.04 bits per heavy atom. The van der Waals surface area contributed by atoms with Crippen LogP contribution in [0, 0.1) is 5.92 Å². The number of aromatic nitrogens is 2. The van der Waals surface area contributed by atoms with Gasteiger partial charge in [0.25, 0.3) is 5.91 Å². The molecule has 1 aromatic heterocycles.